The summed E-state index contributed by atoms with van der Waals surface area (Å²) in [7, 11) is 0. The van der Waals surface area contributed by atoms with Gasteiger partial charge in [0.2, 0.25) is 5.91 Å². The molecule has 1 N–H and O–H groups in total. The van der Waals surface area contributed by atoms with Gasteiger partial charge in [0, 0.05) is 49.4 Å². The van der Waals surface area contributed by atoms with E-state index in [-0.39, 0.29) is 45.4 Å². The van der Waals surface area contributed by atoms with Gasteiger partial charge in [0.05, 0.1) is 38.1 Å². The first-order valence-electron chi connectivity index (χ1n) is 14.0. The lowest BCUT2D eigenvalue weighted by molar-refractivity contribution is -0.126. The van der Waals surface area contributed by atoms with Crippen molar-refractivity contribution in [1.29, 1.82) is 5.26 Å². The Morgan fingerprint density at radius 3 is 2.44 bits per heavy atom. The molecule has 4 heterocycles. The fraction of sp³-hybridized carbons (Fsp3) is 0.323. The molecule has 1 aromatic carbocycles. The second-order valence-corrected chi connectivity index (χ2v) is 12.6. The Bertz CT molecular complexity index is 1900. The van der Waals surface area contributed by atoms with Gasteiger partial charge >= 0.3 is 0 Å². The van der Waals surface area contributed by atoms with Crippen LogP contribution in [0.5, 0.6) is 5.75 Å². The van der Waals surface area contributed by atoms with Crippen molar-refractivity contribution in [3.8, 4) is 23.1 Å². The van der Waals surface area contributed by atoms with Crippen LogP contribution in [0, 0.1) is 29.0 Å². The highest BCUT2D eigenvalue weighted by molar-refractivity contribution is 6.46. The van der Waals surface area contributed by atoms with Crippen molar-refractivity contribution >= 4 is 74.7 Å². The fourth-order valence-electron chi connectivity index (χ4n) is 5.83. The number of aromatic nitrogens is 2. The first-order chi connectivity index (χ1) is 21.3. The lowest BCUT2D eigenvalue weighted by Gasteiger charge is -2.37. The van der Waals surface area contributed by atoms with E-state index in [1.165, 1.54) is 16.7 Å². The first-order valence-corrected chi connectivity index (χ1v) is 15.5. The summed E-state index contributed by atoms with van der Waals surface area (Å²) < 4.78 is 17.0. The molecule has 5 rings (SSSR count). The molecule has 234 valence electrons. The Morgan fingerprint density at radius 1 is 1.18 bits per heavy atom. The number of phenols is 1. The van der Waals surface area contributed by atoms with E-state index < -0.39 is 43.8 Å². The minimum atomic E-state index is -1.07. The molecule has 2 aromatic heterocycles. The Kier molecular flexibility index (Phi) is 9.20. The number of halogens is 5. The number of nitrogens with zero attached hydrogens (tertiary/aromatic N) is 6. The third-order valence-electron chi connectivity index (χ3n) is 8.06. The average Bonchev–Trinajstić information content (AvgIpc) is 3.02. The van der Waals surface area contributed by atoms with E-state index in [1.54, 1.807) is 11.1 Å². The van der Waals surface area contributed by atoms with Crippen LogP contribution in [0.2, 0.25) is 20.1 Å². The summed E-state index contributed by atoms with van der Waals surface area (Å²) in [5.41, 5.74) is -0.340. The summed E-state index contributed by atoms with van der Waals surface area (Å²) in [6, 6.07) is 2.92. The van der Waals surface area contributed by atoms with Gasteiger partial charge in [-0.25, -0.2) is 9.37 Å². The number of hydrogen-bond acceptors (Lipinski definition) is 7. The van der Waals surface area contributed by atoms with Crippen LogP contribution in [0.15, 0.2) is 40.8 Å². The smallest absolute Gasteiger partial charge is 0.272 e. The van der Waals surface area contributed by atoms with E-state index in [9.17, 15) is 20.0 Å². The molecule has 1 saturated heterocycles. The Hall–Kier alpha value is -3.62. The molecule has 0 spiro atoms. The molecule has 1 unspecified atom stereocenters. The normalized spacial score (nSPS) is 18.4. The van der Waals surface area contributed by atoms with Crippen molar-refractivity contribution in [3.63, 3.8) is 0 Å². The topological polar surface area (TPSA) is 115 Å². The Labute approximate surface area is 278 Å². The van der Waals surface area contributed by atoms with E-state index in [1.807, 2.05) is 31.7 Å². The molecule has 0 bridgehead atoms. The largest absolute Gasteiger partial charge is 0.505 e. The number of rotatable bonds is 5. The number of anilines is 1. The molecular formula is C31H27Cl4FN6O3. The van der Waals surface area contributed by atoms with Crippen LogP contribution in [0.3, 0.4) is 0 Å². The predicted molar refractivity (Wildman–Crippen MR) is 176 cm³/mol. The van der Waals surface area contributed by atoms with Crippen LogP contribution in [-0.4, -0.2) is 57.4 Å². The number of allylic oxidation sites excluding steroid dienone is 1. The van der Waals surface area contributed by atoms with Gasteiger partial charge in [-0.05, 0) is 18.1 Å². The maximum absolute atomic E-state index is 15.7. The van der Waals surface area contributed by atoms with E-state index in [0.717, 1.165) is 0 Å². The molecule has 0 aliphatic carbocycles. The maximum Gasteiger partial charge on any atom is 0.272 e. The van der Waals surface area contributed by atoms with Crippen molar-refractivity contribution in [2.75, 3.05) is 31.1 Å². The number of aliphatic imine (C=N–C) groups is 1. The number of phenolic OH excluding ortho intramolecular Hbond substituents is 1. The van der Waals surface area contributed by atoms with Gasteiger partial charge in [-0.15, -0.1) is 0 Å². The number of hydrogen-bond donors (Lipinski definition) is 1. The van der Waals surface area contributed by atoms with Crippen LogP contribution in [0.25, 0.3) is 22.3 Å². The van der Waals surface area contributed by atoms with Crippen molar-refractivity contribution in [2.45, 2.75) is 26.8 Å². The number of nitriles is 1. The zero-order valence-corrected chi connectivity index (χ0v) is 27.4. The molecule has 14 heteroatoms. The number of piperazine rings is 1. The Morgan fingerprint density at radius 2 is 1.84 bits per heavy atom. The van der Waals surface area contributed by atoms with E-state index >= 15 is 4.39 Å². The van der Waals surface area contributed by atoms with Crippen LogP contribution in [0.1, 0.15) is 32.4 Å². The molecule has 1 fully saturated rings. The van der Waals surface area contributed by atoms with Gasteiger partial charge in [-0.1, -0.05) is 79.8 Å². The van der Waals surface area contributed by atoms with Gasteiger partial charge in [-0.3, -0.25) is 19.1 Å². The van der Waals surface area contributed by atoms with Crippen molar-refractivity contribution in [2.24, 2.45) is 16.8 Å². The molecule has 0 saturated carbocycles. The first kappa shape index (κ1) is 32.8. The monoisotopic (exact) mass is 690 g/mol. The maximum atomic E-state index is 15.7. The predicted octanol–water partition coefficient (Wildman–Crippen LogP) is 7.03. The van der Waals surface area contributed by atoms with Crippen LogP contribution >= 0.6 is 46.4 Å². The molecular weight excluding hydrogens is 665 g/mol. The fourth-order valence-corrected chi connectivity index (χ4v) is 6.76. The molecule has 2 aliphatic rings. The molecule has 3 aromatic rings. The highest BCUT2D eigenvalue weighted by Gasteiger charge is 2.35. The van der Waals surface area contributed by atoms with Crippen molar-refractivity contribution in [1.82, 2.24) is 14.5 Å². The summed E-state index contributed by atoms with van der Waals surface area (Å²) in [5, 5.41) is 19.6. The molecule has 2 aliphatic heterocycles. The van der Waals surface area contributed by atoms with Gasteiger partial charge in [0.1, 0.15) is 22.3 Å². The minimum Gasteiger partial charge on any atom is -0.505 e. The lowest BCUT2D eigenvalue weighted by Crippen LogP contribution is -2.49. The summed E-state index contributed by atoms with van der Waals surface area (Å²) >= 11 is 25.2. The standard InChI is InChI=1S/C31H27Cl4FN6O3/c1-5-19(43)40-8-10-41(11-9-40)28-16-12-18(32)26(20-21(33)29(44)23(35)22(34)24(20)36)39-30(16)42(31(45)17(28)13-37)27-15(4)6-7-38-25(27)14(2)3/h5-7,12,14-15,27,44H,1,8-11H2,2-4H3/t15-,27?/m1/s1. The summed E-state index contributed by atoms with van der Waals surface area (Å²) in [6.07, 6.45) is 4.75. The van der Waals surface area contributed by atoms with E-state index in [2.05, 4.69) is 17.6 Å². The number of carbonyl (C=O) groups excluding carboxylic acids is 1. The molecule has 45 heavy (non-hydrogen) atoms. The van der Waals surface area contributed by atoms with Crippen molar-refractivity contribution in [3.05, 3.63) is 72.8 Å². The molecule has 0 radical (unpaired) electrons. The molecule has 9 nitrogen and oxygen atoms in total. The molecule has 1 amide bonds. The minimum absolute atomic E-state index is 0.0829. The van der Waals surface area contributed by atoms with Gasteiger partial charge in [-0.2, -0.15) is 5.26 Å². The number of fused-ring (bicyclic) bond motifs is 1. The summed E-state index contributed by atoms with van der Waals surface area (Å²) in [4.78, 5) is 39.4. The van der Waals surface area contributed by atoms with Gasteiger partial charge in [0.15, 0.2) is 11.6 Å². The molecule has 2 atom stereocenters. The zero-order chi connectivity index (χ0) is 32.9. The Balaban J connectivity index is 1.88. The second kappa shape index (κ2) is 12.6. The number of pyridine rings is 2. The van der Waals surface area contributed by atoms with Gasteiger partial charge in [0.25, 0.3) is 5.56 Å². The zero-order valence-electron chi connectivity index (χ0n) is 24.4. The summed E-state index contributed by atoms with van der Waals surface area (Å²) in [5.74, 6) is -2.30. The van der Waals surface area contributed by atoms with E-state index in [4.69, 9.17) is 51.4 Å². The third kappa shape index (κ3) is 5.46. The highest BCUT2D eigenvalue weighted by atomic mass is 35.5. The lowest BCUT2D eigenvalue weighted by atomic mass is 9.88. The van der Waals surface area contributed by atoms with Crippen LogP contribution < -0.4 is 10.5 Å². The second-order valence-electron chi connectivity index (χ2n) is 11.1. The van der Waals surface area contributed by atoms with Crippen LogP contribution in [-0.2, 0) is 4.79 Å². The quantitative estimate of drug-likeness (QED) is 0.175. The SMILES string of the molecule is C=CC(=O)N1CCN(c2c(C#N)c(=O)n(C3C(C(C)C)=NC=C[C@H]3C)c3nc(-c4c(F)c(Cl)c(Cl)c(O)c4Cl)c(Cl)cc23)CC1. The van der Waals surface area contributed by atoms with Gasteiger partial charge < -0.3 is 14.9 Å². The highest BCUT2D eigenvalue weighted by Crippen LogP contribution is 2.48. The number of carbonyl (C=O) groups is 1. The average molecular weight is 692 g/mol. The van der Waals surface area contributed by atoms with Crippen molar-refractivity contribution < 1.29 is 14.3 Å². The van der Waals surface area contributed by atoms with Crippen LogP contribution in [0.4, 0.5) is 10.1 Å². The number of benzene rings is 1. The number of amides is 1. The van der Waals surface area contributed by atoms with E-state index in [0.29, 0.717) is 37.3 Å². The third-order valence-corrected chi connectivity index (χ3v) is 9.54. The summed E-state index contributed by atoms with van der Waals surface area (Å²) in [6.45, 7) is 10.6. The number of aromatic hydroxyl groups is 1.